The van der Waals surface area contributed by atoms with Crippen molar-refractivity contribution in [2.24, 2.45) is 0 Å². The lowest BCUT2D eigenvalue weighted by Gasteiger charge is -2.24. The lowest BCUT2D eigenvalue weighted by Crippen LogP contribution is -2.35. The first-order valence-electron chi connectivity index (χ1n) is 13.3. The first-order valence-corrected chi connectivity index (χ1v) is 13.3. The molecule has 0 spiro atoms. The van der Waals surface area contributed by atoms with Crippen molar-refractivity contribution >= 4 is 6.08 Å². The monoisotopic (exact) mass is 520 g/mol. The molecule has 9 nitrogen and oxygen atoms in total. The van der Waals surface area contributed by atoms with E-state index in [0.717, 1.165) is 43.9 Å². The maximum atomic E-state index is 6.06. The van der Waals surface area contributed by atoms with Crippen LogP contribution in [0.4, 0.5) is 0 Å². The summed E-state index contributed by atoms with van der Waals surface area (Å²) in [5.74, 6) is 0. The zero-order valence-electron chi connectivity index (χ0n) is 22.1. The molecule has 9 heteroatoms. The molecule has 0 radical (unpaired) electrons. The van der Waals surface area contributed by atoms with E-state index in [1.807, 2.05) is 24.4 Å². The van der Waals surface area contributed by atoms with Gasteiger partial charge in [0.15, 0.2) is 0 Å². The highest BCUT2D eigenvalue weighted by atomic mass is 16.6. The van der Waals surface area contributed by atoms with Crippen LogP contribution in [0.2, 0.25) is 0 Å². The molecule has 1 aromatic carbocycles. The number of fused-ring (bicyclic) bond motifs is 20. The van der Waals surface area contributed by atoms with Crippen LogP contribution in [0, 0.1) is 0 Å². The third-order valence-electron chi connectivity index (χ3n) is 6.08. The van der Waals surface area contributed by atoms with Crippen LogP contribution in [0.5, 0.6) is 0 Å². The van der Waals surface area contributed by atoms with E-state index in [4.69, 9.17) is 33.2 Å². The lowest BCUT2D eigenvalue weighted by atomic mass is 10.1. The second-order valence-corrected chi connectivity index (χ2v) is 8.91. The Morgan fingerprint density at radius 3 is 1.92 bits per heavy atom. The van der Waals surface area contributed by atoms with Gasteiger partial charge in [-0.25, -0.2) is 0 Å². The maximum absolute atomic E-state index is 6.06. The smallest absolute Gasteiger partial charge is 0.144 e. The normalized spacial score (nSPS) is 24.2. The maximum Gasteiger partial charge on any atom is 0.144 e. The predicted molar refractivity (Wildman–Crippen MR) is 142 cm³/mol. The van der Waals surface area contributed by atoms with Gasteiger partial charge in [-0.2, -0.15) is 0 Å². The summed E-state index contributed by atoms with van der Waals surface area (Å²) in [4.78, 5) is 4.43. The topological polar surface area (TPSA) is 71.1 Å². The van der Waals surface area contributed by atoms with Gasteiger partial charge < -0.3 is 38.1 Å². The van der Waals surface area contributed by atoms with Crippen LogP contribution in [0.15, 0.2) is 43.3 Å². The van der Waals surface area contributed by atoms with E-state index >= 15 is 0 Å². The molecule has 3 heterocycles. The van der Waals surface area contributed by atoms with Gasteiger partial charge in [-0.1, -0.05) is 36.9 Å². The standard InChI is InChI=1S/C28H44N2O7/c1-2-26-3-5-27(6-4-26)23-36-25-28-24-35-17-11-29-7-13-31-19-21-33-15-9-30(12-18-37-28)10-16-34-22-20-32-14-8-29/h2-6,12,18,28H,1,7-11,13-17,19-25H2. The Bertz CT molecular complexity index is 727. The van der Waals surface area contributed by atoms with Crippen molar-refractivity contribution in [1.82, 2.24) is 9.80 Å². The Morgan fingerprint density at radius 2 is 1.32 bits per heavy atom. The van der Waals surface area contributed by atoms with Crippen LogP contribution < -0.4 is 0 Å². The minimum atomic E-state index is -0.226. The summed E-state index contributed by atoms with van der Waals surface area (Å²) in [5, 5.41) is 0. The minimum Gasteiger partial charge on any atom is -0.492 e. The van der Waals surface area contributed by atoms with Crippen LogP contribution in [-0.2, 0) is 39.8 Å². The molecule has 3 aliphatic heterocycles. The van der Waals surface area contributed by atoms with Gasteiger partial charge in [0.05, 0.1) is 85.5 Å². The van der Waals surface area contributed by atoms with Crippen molar-refractivity contribution < 1.29 is 33.2 Å². The number of nitrogens with zero attached hydrogens (tertiary/aromatic N) is 2. The fraction of sp³-hybridized carbons (Fsp3) is 0.643. The Kier molecular flexibility index (Phi) is 15.3. The highest BCUT2D eigenvalue weighted by Crippen LogP contribution is 2.08. The molecule has 208 valence electrons. The van der Waals surface area contributed by atoms with Crippen molar-refractivity contribution in [3.63, 3.8) is 0 Å². The van der Waals surface area contributed by atoms with Crippen LogP contribution in [0.25, 0.3) is 6.08 Å². The largest absolute Gasteiger partial charge is 0.492 e. The van der Waals surface area contributed by atoms with E-state index in [1.165, 1.54) is 0 Å². The number of benzene rings is 1. The van der Waals surface area contributed by atoms with Gasteiger partial charge in [-0.15, -0.1) is 0 Å². The Hall–Kier alpha value is -1.98. The third kappa shape index (κ3) is 13.4. The van der Waals surface area contributed by atoms with Crippen molar-refractivity contribution in [3.8, 4) is 0 Å². The van der Waals surface area contributed by atoms with Crippen LogP contribution in [0.3, 0.4) is 0 Å². The summed E-state index contributed by atoms with van der Waals surface area (Å²) in [6.45, 7) is 14.4. The summed E-state index contributed by atoms with van der Waals surface area (Å²) in [6.07, 6.45) is 5.27. The Labute approximate surface area is 221 Å². The lowest BCUT2D eigenvalue weighted by molar-refractivity contribution is -0.0378. The van der Waals surface area contributed by atoms with Gasteiger partial charge in [0.2, 0.25) is 0 Å². The molecule has 4 rings (SSSR count). The van der Waals surface area contributed by atoms with Crippen molar-refractivity contribution in [2.75, 3.05) is 105 Å². The molecule has 0 N–H and O–H groups in total. The summed E-state index contributed by atoms with van der Waals surface area (Å²) < 4.78 is 41.2. The number of hydrogen-bond donors (Lipinski definition) is 0. The third-order valence-corrected chi connectivity index (χ3v) is 6.08. The molecular weight excluding hydrogens is 476 g/mol. The summed E-state index contributed by atoms with van der Waals surface area (Å²) >= 11 is 0. The van der Waals surface area contributed by atoms with Gasteiger partial charge in [0, 0.05) is 38.9 Å². The van der Waals surface area contributed by atoms with Crippen LogP contribution >= 0.6 is 0 Å². The average Bonchev–Trinajstić information content (AvgIpc) is 2.92. The van der Waals surface area contributed by atoms with Gasteiger partial charge >= 0.3 is 0 Å². The molecule has 1 saturated heterocycles. The van der Waals surface area contributed by atoms with E-state index in [2.05, 4.69) is 28.5 Å². The van der Waals surface area contributed by atoms with E-state index in [-0.39, 0.29) is 6.10 Å². The Morgan fingerprint density at radius 1 is 0.757 bits per heavy atom. The van der Waals surface area contributed by atoms with Crippen molar-refractivity contribution in [1.29, 1.82) is 0 Å². The van der Waals surface area contributed by atoms with Crippen molar-refractivity contribution in [2.45, 2.75) is 12.7 Å². The van der Waals surface area contributed by atoms with Gasteiger partial charge in [0.25, 0.3) is 0 Å². The summed E-state index contributed by atoms with van der Waals surface area (Å²) in [5.41, 5.74) is 2.20. The van der Waals surface area contributed by atoms with E-state index in [1.54, 1.807) is 6.26 Å². The van der Waals surface area contributed by atoms with Gasteiger partial charge in [-0.3, -0.25) is 4.90 Å². The van der Waals surface area contributed by atoms with Crippen LogP contribution in [0.1, 0.15) is 11.1 Å². The predicted octanol–water partition coefficient (Wildman–Crippen LogP) is 2.42. The fourth-order valence-corrected chi connectivity index (χ4v) is 3.82. The average molecular weight is 521 g/mol. The molecule has 37 heavy (non-hydrogen) atoms. The van der Waals surface area contributed by atoms with Gasteiger partial charge in [0.1, 0.15) is 6.10 Å². The number of rotatable bonds is 5. The summed E-state index contributed by atoms with van der Waals surface area (Å²) in [6, 6.07) is 8.18. The number of hydrogen-bond acceptors (Lipinski definition) is 9. The molecule has 1 aromatic rings. The molecule has 1 unspecified atom stereocenters. The van der Waals surface area contributed by atoms with Crippen molar-refractivity contribution in [3.05, 3.63) is 54.4 Å². The van der Waals surface area contributed by atoms with E-state index in [0.29, 0.717) is 79.3 Å². The highest BCUT2D eigenvalue weighted by Gasteiger charge is 2.12. The molecule has 0 saturated carbocycles. The molecule has 1 atom stereocenters. The molecule has 3 aliphatic rings. The molecule has 1 fully saturated rings. The van der Waals surface area contributed by atoms with Gasteiger partial charge in [-0.05, 0) is 11.1 Å². The minimum absolute atomic E-state index is 0.226. The first kappa shape index (κ1) is 29.6. The zero-order chi connectivity index (χ0) is 25.8. The molecule has 0 aliphatic carbocycles. The van der Waals surface area contributed by atoms with E-state index < -0.39 is 0 Å². The molecular formula is C28H44N2O7. The molecule has 0 aromatic heterocycles. The molecule has 2 bridgehead atoms. The second kappa shape index (κ2) is 19.1. The molecule has 0 amide bonds. The number of ether oxygens (including phenoxy) is 7. The highest BCUT2D eigenvalue weighted by molar-refractivity contribution is 5.47. The second-order valence-electron chi connectivity index (χ2n) is 8.91. The quantitative estimate of drug-likeness (QED) is 0.582. The Balaban J connectivity index is 1.60. The van der Waals surface area contributed by atoms with Crippen LogP contribution in [-0.4, -0.2) is 121 Å². The first-order chi connectivity index (χ1) is 18.3. The zero-order valence-corrected chi connectivity index (χ0v) is 22.1. The SMILES string of the molecule is C=Cc1ccc(COCC2COCCN3CCOCCOCCN(C=CO2)CCOCCOCC3)cc1. The summed E-state index contributed by atoms with van der Waals surface area (Å²) in [7, 11) is 0. The fourth-order valence-electron chi connectivity index (χ4n) is 3.82. The van der Waals surface area contributed by atoms with E-state index in [9.17, 15) is 0 Å².